The van der Waals surface area contributed by atoms with E-state index in [1.165, 1.54) is 33.4 Å². The fourth-order valence-electron chi connectivity index (χ4n) is 7.31. The van der Waals surface area contributed by atoms with Crippen molar-refractivity contribution in [3.05, 3.63) is 68.2 Å². The van der Waals surface area contributed by atoms with E-state index < -0.39 is 0 Å². The van der Waals surface area contributed by atoms with Gasteiger partial charge >= 0.3 is 0 Å². The zero-order chi connectivity index (χ0) is 25.5. The first-order valence-corrected chi connectivity index (χ1v) is 12.6. The van der Waals surface area contributed by atoms with E-state index in [9.17, 15) is 0 Å². The summed E-state index contributed by atoms with van der Waals surface area (Å²) < 4.78 is 35.5. The van der Waals surface area contributed by atoms with Gasteiger partial charge < -0.3 is 28.4 Å². The van der Waals surface area contributed by atoms with Crippen molar-refractivity contribution in [3.8, 4) is 34.5 Å². The molecule has 36 heavy (non-hydrogen) atoms. The van der Waals surface area contributed by atoms with E-state index in [-0.39, 0.29) is 23.2 Å². The molecule has 0 amide bonds. The highest BCUT2D eigenvalue weighted by Crippen LogP contribution is 2.78. The number of halogens is 1. The van der Waals surface area contributed by atoms with Crippen molar-refractivity contribution in [2.24, 2.45) is 5.41 Å². The van der Waals surface area contributed by atoms with Crippen molar-refractivity contribution in [1.82, 2.24) is 0 Å². The fourth-order valence-corrected chi connectivity index (χ4v) is 8.13. The Labute approximate surface area is 219 Å². The molecule has 0 heterocycles. The molecule has 188 valence electrons. The van der Waals surface area contributed by atoms with Crippen LogP contribution in [0.3, 0.4) is 0 Å². The maximum absolute atomic E-state index is 5.81. The van der Waals surface area contributed by atoms with Crippen LogP contribution >= 0.6 is 15.9 Å². The SMILES string of the molecule is COc1cc2c(cc1OC)[C@H]1c3cc(OC)c(OC)c(Br)c3[C@H]3c4cc(OC)c(OC)cc4[C@@H]2[C@@]13C. The molecule has 0 N–H and O–H groups in total. The van der Waals surface area contributed by atoms with Crippen LogP contribution in [0.5, 0.6) is 34.5 Å². The maximum atomic E-state index is 5.81. The zero-order valence-electron chi connectivity index (χ0n) is 21.4. The van der Waals surface area contributed by atoms with Gasteiger partial charge in [0.05, 0.1) is 47.1 Å². The third kappa shape index (κ3) is 2.62. The summed E-state index contributed by atoms with van der Waals surface area (Å²) in [5, 5.41) is 0. The van der Waals surface area contributed by atoms with Gasteiger partial charge in [-0.25, -0.2) is 0 Å². The van der Waals surface area contributed by atoms with Crippen LogP contribution in [0.15, 0.2) is 34.8 Å². The van der Waals surface area contributed by atoms with E-state index in [1.807, 2.05) is 0 Å². The Hall–Kier alpha value is -3.06. The molecule has 4 atom stereocenters. The third-order valence-corrected chi connectivity index (χ3v) is 9.36. The molecule has 0 bridgehead atoms. The average Bonchev–Trinajstić information content (AvgIpc) is 3.41. The van der Waals surface area contributed by atoms with Crippen LogP contribution in [-0.2, 0) is 0 Å². The van der Waals surface area contributed by atoms with Gasteiger partial charge in [-0.05, 0) is 79.6 Å². The number of benzene rings is 3. The van der Waals surface area contributed by atoms with Gasteiger partial charge in [0.1, 0.15) is 0 Å². The molecule has 7 heteroatoms. The highest BCUT2D eigenvalue weighted by Gasteiger charge is 2.66. The molecule has 6 nitrogen and oxygen atoms in total. The first-order chi connectivity index (χ1) is 17.4. The van der Waals surface area contributed by atoms with E-state index >= 15 is 0 Å². The van der Waals surface area contributed by atoms with Crippen molar-refractivity contribution >= 4 is 15.9 Å². The maximum Gasteiger partial charge on any atom is 0.175 e. The van der Waals surface area contributed by atoms with Gasteiger partial charge in [-0.2, -0.15) is 0 Å². The zero-order valence-corrected chi connectivity index (χ0v) is 23.0. The van der Waals surface area contributed by atoms with Gasteiger partial charge in [-0.15, -0.1) is 0 Å². The van der Waals surface area contributed by atoms with Crippen LogP contribution in [0.2, 0.25) is 0 Å². The molecule has 3 aliphatic carbocycles. The van der Waals surface area contributed by atoms with E-state index in [0.717, 1.165) is 27.5 Å². The van der Waals surface area contributed by atoms with Gasteiger partial charge in [0.15, 0.2) is 34.5 Å². The lowest BCUT2D eigenvalue weighted by Crippen LogP contribution is -2.23. The number of hydrogen-bond acceptors (Lipinski definition) is 6. The summed E-state index contributed by atoms with van der Waals surface area (Å²) in [7, 11) is 10.1. The van der Waals surface area contributed by atoms with E-state index in [1.54, 1.807) is 42.7 Å². The van der Waals surface area contributed by atoms with Crippen LogP contribution in [0.25, 0.3) is 0 Å². The van der Waals surface area contributed by atoms with Crippen LogP contribution in [-0.4, -0.2) is 42.7 Å². The minimum absolute atomic E-state index is 0.107. The summed E-state index contributed by atoms with van der Waals surface area (Å²) in [6.07, 6.45) is 0. The normalized spacial score (nSPS) is 23.9. The van der Waals surface area contributed by atoms with E-state index in [2.05, 4.69) is 53.2 Å². The largest absolute Gasteiger partial charge is 0.493 e. The van der Waals surface area contributed by atoms with E-state index in [0.29, 0.717) is 11.5 Å². The molecule has 0 saturated carbocycles. The summed E-state index contributed by atoms with van der Waals surface area (Å²) in [6, 6.07) is 10.8. The average molecular weight is 553 g/mol. The molecular formula is C29H29BrO6. The topological polar surface area (TPSA) is 55.4 Å². The van der Waals surface area contributed by atoms with Crippen molar-refractivity contribution in [2.45, 2.75) is 24.7 Å². The minimum atomic E-state index is -0.165. The van der Waals surface area contributed by atoms with Crippen LogP contribution < -0.4 is 28.4 Å². The highest BCUT2D eigenvalue weighted by atomic mass is 79.9. The molecule has 3 aromatic rings. The lowest BCUT2D eigenvalue weighted by Gasteiger charge is -2.31. The van der Waals surface area contributed by atoms with Crippen LogP contribution in [0, 0.1) is 5.41 Å². The molecule has 0 radical (unpaired) electrons. The molecule has 0 fully saturated rings. The monoisotopic (exact) mass is 552 g/mol. The van der Waals surface area contributed by atoms with Gasteiger partial charge in [0, 0.05) is 23.2 Å². The van der Waals surface area contributed by atoms with Crippen LogP contribution in [0.4, 0.5) is 0 Å². The van der Waals surface area contributed by atoms with E-state index in [4.69, 9.17) is 28.4 Å². The second kappa shape index (κ2) is 7.97. The molecule has 3 aromatic carbocycles. The highest BCUT2D eigenvalue weighted by molar-refractivity contribution is 9.10. The lowest BCUT2D eigenvalue weighted by molar-refractivity contribution is 0.287. The van der Waals surface area contributed by atoms with Crippen molar-refractivity contribution in [3.63, 3.8) is 0 Å². The molecule has 0 aliphatic heterocycles. The Morgan fingerprint density at radius 2 is 0.889 bits per heavy atom. The molecule has 6 rings (SSSR count). The van der Waals surface area contributed by atoms with Crippen molar-refractivity contribution in [1.29, 1.82) is 0 Å². The first kappa shape index (κ1) is 23.3. The summed E-state index contributed by atoms with van der Waals surface area (Å²) in [5.74, 6) is 4.71. The van der Waals surface area contributed by atoms with Crippen molar-refractivity contribution in [2.75, 3.05) is 42.7 Å². The van der Waals surface area contributed by atoms with Gasteiger partial charge in [-0.1, -0.05) is 6.92 Å². The predicted molar refractivity (Wildman–Crippen MR) is 140 cm³/mol. The van der Waals surface area contributed by atoms with Crippen LogP contribution in [0.1, 0.15) is 58.1 Å². The van der Waals surface area contributed by atoms with Crippen molar-refractivity contribution < 1.29 is 28.4 Å². The Morgan fingerprint density at radius 1 is 0.528 bits per heavy atom. The molecule has 0 saturated heterocycles. The summed E-state index contributed by atoms with van der Waals surface area (Å²) in [5.41, 5.74) is 7.32. The molecule has 0 unspecified atom stereocenters. The second-order valence-electron chi connectivity index (χ2n) is 9.77. The smallest absolute Gasteiger partial charge is 0.175 e. The van der Waals surface area contributed by atoms with Gasteiger partial charge in [-0.3, -0.25) is 0 Å². The fraction of sp³-hybridized carbons (Fsp3) is 0.379. The molecule has 0 aromatic heterocycles. The number of hydrogen-bond donors (Lipinski definition) is 0. The Morgan fingerprint density at radius 3 is 1.28 bits per heavy atom. The number of ether oxygens (including phenoxy) is 6. The van der Waals surface area contributed by atoms with Gasteiger partial charge in [0.25, 0.3) is 0 Å². The van der Waals surface area contributed by atoms with Gasteiger partial charge in [0.2, 0.25) is 0 Å². The summed E-state index contributed by atoms with van der Waals surface area (Å²) in [4.78, 5) is 0. The standard InChI is InChI=1S/C29H29BrO6/c1-29-24-13-8-18(31-2)19(32-3)9-14(13)25(29)17-12-22(35-6)28(36-7)27(30)23(17)26(29)16-11-21(34-5)20(33-4)10-15(16)24/h8-12,24-26H,1-7H3/t24-,25+,26-,29+/m1/s1. The third-order valence-electron chi connectivity index (χ3n) is 8.57. The number of methoxy groups -OCH3 is 6. The molecular weight excluding hydrogens is 524 g/mol. The lowest BCUT2D eigenvalue weighted by atomic mass is 9.70. The molecule has 3 aliphatic rings. The predicted octanol–water partition coefficient (Wildman–Crippen LogP) is 6.24. The molecule has 0 spiro atoms. The second-order valence-corrected chi connectivity index (χ2v) is 10.6. The Kier molecular flexibility index (Phi) is 5.17. The Bertz CT molecular complexity index is 1400. The summed E-state index contributed by atoms with van der Waals surface area (Å²) in [6.45, 7) is 2.40. The summed E-state index contributed by atoms with van der Waals surface area (Å²) >= 11 is 3.92. The Balaban J connectivity index is 1.75. The first-order valence-electron chi connectivity index (χ1n) is 11.8. The minimum Gasteiger partial charge on any atom is -0.493 e. The number of fused-ring (bicyclic) bond motifs is 9. The number of rotatable bonds is 6. The quantitative estimate of drug-likeness (QED) is 0.360.